The van der Waals surface area contributed by atoms with E-state index >= 15 is 0 Å². The largest absolute Gasteiger partial charge is 0.352 e. The van der Waals surface area contributed by atoms with Gasteiger partial charge in [0.05, 0.1) is 0 Å². The molecule has 4 N–H and O–H groups in total. The van der Waals surface area contributed by atoms with E-state index in [1.54, 1.807) is 23.6 Å². The minimum atomic E-state index is -0.287. The molecule has 0 spiro atoms. The Balaban J connectivity index is 0.00000264. The Morgan fingerprint density at radius 2 is 2.04 bits per heavy atom. The second kappa shape index (κ2) is 8.61. The van der Waals surface area contributed by atoms with Crippen molar-refractivity contribution in [2.45, 2.75) is 20.4 Å². The molecule has 6 nitrogen and oxygen atoms in total. The van der Waals surface area contributed by atoms with Gasteiger partial charge in [0.25, 0.3) is 11.8 Å². The van der Waals surface area contributed by atoms with Crippen molar-refractivity contribution >= 4 is 41.2 Å². The molecular weight excluding hydrogens is 336 g/mol. The number of aromatic nitrogens is 1. The number of rotatable bonds is 5. The lowest BCUT2D eigenvalue weighted by molar-refractivity contribution is 0.0955. The molecule has 1 heterocycles. The zero-order valence-corrected chi connectivity index (χ0v) is 14.5. The van der Waals surface area contributed by atoms with Crippen molar-refractivity contribution in [1.82, 2.24) is 10.3 Å². The maximum atomic E-state index is 12.1. The summed E-state index contributed by atoms with van der Waals surface area (Å²) in [5, 5.41) is 7.93. The fourth-order valence-corrected chi connectivity index (χ4v) is 2.56. The van der Waals surface area contributed by atoms with Crippen LogP contribution in [0.2, 0.25) is 0 Å². The number of carbonyl (C=O) groups is 2. The standard InChI is InChI=1S/C15H18N4O2S.ClH/c1-3-17-14(20)10-4-5-11(9(2)6-10)19-15(21)12-8-22-13(7-16)18-12;/h4-6,8H,3,7,16H2,1-2H3,(H,17,20)(H,19,21);1H. The van der Waals surface area contributed by atoms with Crippen molar-refractivity contribution in [3.05, 3.63) is 45.4 Å². The van der Waals surface area contributed by atoms with E-state index in [9.17, 15) is 9.59 Å². The fourth-order valence-electron chi connectivity index (χ4n) is 1.90. The maximum absolute atomic E-state index is 12.1. The van der Waals surface area contributed by atoms with E-state index in [1.165, 1.54) is 11.3 Å². The molecule has 0 aliphatic heterocycles. The van der Waals surface area contributed by atoms with Gasteiger partial charge in [-0.15, -0.1) is 23.7 Å². The maximum Gasteiger partial charge on any atom is 0.275 e. The first-order valence-corrected chi connectivity index (χ1v) is 7.77. The molecule has 124 valence electrons. The molecule has 0 radical (unpaired) electrons. The number of halogens is 1. The van der Waals surface area contributed by atoms with Crippen LogP contribution in [0.3, 0.4) is 0 Å². The van der Waals surface area contributed by atoms with Crippen LogP contribution in [0.1, 0.15) is 38.3 Å². The summed E-state index contributed by atoms with van der Waals surface area (Å²) in [6.07, 6.45) is 0. The van der Waals surface area contributed by atoms with Gasteiger partial charge in [-0.3, -0.25) is 9.59 Å². The van der Waals surface area contributed by atoms with Crippen molar-refractivity contribution in [2.24, 2.45) is 5.73 Å². The molecule has 2 rings (SSSR count). The lowest BCUT2D eigenvalue weighted by Crippen LogP contribution is -2.22. The Hall–Kier alpha value is -1.96. The summed E-state index contributed by atoms with van der Waals surface area (Å²) in [7, 11) is 0. The number of benzene rings is 1. The molecule has 8 heteroatoms. The quantitative estimate of drug-likeness (QED) is 0.767. The molecule has 2 amide bonds. The zero-order chi connectivity index (χ0) is 16.1. The molecule has 1 aromatic carbocycles. The van der Waals surface area contributed by atoms with Crippen molar-refractivity contribution < 1.29 is 9.59 Å². The van der Waals surface area contributed by atoms with Gasteiger partial charge in [0.2, 0.25) is 0 Å². The number of carbonyl (C=O) groups excluding carboxylic acids is 2. The third kappa shape index (κ3) is 4.75. The van der Waals surface area contributed by atoms with Crippen LogP contribution in [0.5, 0.6) is 0 Å². The van der Waals surface area contributed by atoms with Gasteiger partial charge in [0.15, 0.2) is 0 Å². The summed E-state index contributed by atoms with van der Waals surface area (Å²) >= 11 is 1.35. The summed E-state index contributed by atoms with van der Waals surface area (Å²) < 4.78 is 0. The lowest BCUT2D eigenvalue weighted by Gasteiger charge is -2.09. The first-order chi connectivity index (χ1) is 10.5. The van der Waals surface area contributed by atoms with Gasteiger partial charge in [-0.05, 0) is 37.6 Å². The number of aryl methyl sites for hydroxylation is 1. The number of hydrogen-bond donors (Lipinski definition) is 3. The van der Waals surface area contributed by atoms with E-state index in [0.717, 1.165) is 5.56 Å². The van der Waals surface area contributed by atoms with Gasteiger partial charge in [-0.1, -0.05) is 0 Å². The highest BCUT2D eigenvalue weighted by molar-refractivity contribution is 7.09. The third-order valence-electron chi connectivity index (χ3n) is 3.03. The van der Waals surface area contributed by atoms with E-state index in [0.29, 0.717) is 35.0 Å². The summed E-state index contributed by atoms with van der Waals surface area (Å²) in [5.41, 5.74) is 7.86. The van der Waals surface area contributed by atoms with Gasteiger partial charge < -0.3 is 16.4 Å². The van der Waals surface area contributed by atoms with E-state index in [1.807, 2.05) is 13.8 Å². The van der Waals surface area contributed by atoms with E-state index < -0.39 is 0 Å². The molecule has 0 saturated heterocycles. The predicted molar refractivity (Wildman–Crippen MR) is 94.4 cm³/mol. The van der Waals surface area contributed by atoms with E-state index in [-0.39, 0.29) is 24.2 Å². The highest BCUT2D eigenvalue weighted by Gasteiger charge is 2.13. The van der Waals surface area contributed by atoms with Crippen LogP contribution in [0.15, 0.2) is 23.6 Å². The second-order valence-electron chi connectivity index (χ2n) is 4.67. The first kappa shape index (κ1) is 19.1. The third-order valence-corrected chi connectivity index (χ3v) is 3.90. The summed E-state index contributed by atoms with van der Waals surface area (Å²) in [6, 6.07) is 5.14. The minimum absolute atomic E-state index is 0. The summed E-state index contributed by atoms with van der Waals surface area (Å²) in [5.74, 6) is -0.416. The van der Waals surface area contributed by atoms with Crippen LogP contribution >= 0.6 is 23.7 Å². The van der Waals surface area contributed by atoms with Crippen LogP contribution < -0.4 is 16.4 Å². The van der Waals surface area contributed by atoms with Gasteiger partial charge >= 0.3 is 0 Å². The lowest BCUT2D eigenvalue weighted by atomic mass is 10.1. The molecule has 0 aliphatic carbocycles. The highest BCUT2D eigenvalue weighted by atomic mass is 35.5. The molecule has 0 aliphatic rings. The van der Waals surface area contributed by atoms with Gasteiger partial charge in [0, 0.05) is 29.7 Å². The van der Waals surface area contributed by atoms with Crippen LogP contribution in [-0.2, 0) is 6.54 Å². The molecule has 1 aromatic heterocycles. The van der Waals surface area contributed by atoms with Crippen molar-refractivity contribution in [3.8, 4) is 0 Å². The van der Waals surface area contributed by atoms with Gasteiger partial charge in [-0.2, -0.15) is 0 Å². The number of anilines is 1. The van der Waals surface area contributed by atoms with E-state index in [2.05, 4.69) is 15.6 Å². The number of nitrogens with zero attached hydrogens (tertiary/aromatic N) is 1. The zero-order valence-electron chi connectivity index (χ0n) is 12.9. The van der Waals surface area contributed by atoms with Gasteiger partial charge in [0.1, 0.15) is 10.7 Å². The normalized spacial score (nSPS) is 9.87. The smallest absolute Gasteiger partial charge is 0.275 e. The van der Waals surface area contributed by atoms with Crippen molar-refractivity contribution in [1.29, 1.82) is 0 Å². The number of hydrogen-bond acceptors (Lipinski definition) is 5. The molecular formula is C15H19ClN4O2S. The monoisotopic (exact) mass is 354 g/mol. The fraction of sp³-hybridized carbons (Fsp3) is 0.267. The number of nitrogens with two attached hydrogens (primary N) is 1. The van der Waals surface area contributed by atoms with E-state index in [4.69, 9.17) is 5.73 Å². The Labute approximate surface area is 144 Å². The number of thiazole rings is 1. The Morgan fingerprint density at radius 1 is 1.30 bits per heavy atom. The Kier molecular flexibility index (Phi) is 7.15. The predicted octanol–water partition coefficient (Wildman–Crippen LogP) is 2.33. The topological polar surface area (TPSA) is 97.1 Å². The Morgan fingerprint density at radius 3 is 2.61 bits per heavy atom. The van der Waals surface area contributed by atoms with Crippen LogP contribution in [-0.4, -0.2) is 23.3 Å². The average molecular weight is 355 g/mol. The SMILES string of the molecule is CCNC(=O)c1ccc(NC(=O)c2csc(CN)n2)c(C)c1.Cl. The molecule has 0 atom stereocenters. The van der Waals surface area contributed by atoms with Crippen LogP contribution in [0.4, 0.5) is 5.69 Å². The molecule has 2 aromatic rings. The highest BCUT2D eigenvalue weighted by Crippen LogP contribution is 2.18. The first-order valence-electron chi connectivity index (χ1n) is 6.89. The van der Waals surface area contributed by atoms with Gasteiger partial charge in [-0.25, -0.2) is 4.98 Å². The number of nitrogens with one attached hydrogen (secondary N) is 2. The number of amides is 2. The van der Waals surface area contributed by atoms with Crippen molar-refractivity contribution in [2.75, 3.05) is 11.9 Å². The molecule has 0 fully saturated rings. The van der Waals surface area contributed by atoms with Crippen LogP contribution in [0.25, 0.3) is 0 Å². The molecule has 0 bridgehead atoms. The molecule has 23 heavy (non-hydrogen) atoms. The summed E-state index contributed by atoms with van der Waals surface area (Å²) in [6.45, 7) is 4.59. The Bertz CT molecular complexity index is 703. The summed E-state index contributed by atoms with van der Waals surface area (Å²) in [4.78, 5) is 28.0. The average Bonchev–Trinajstić information content (AvgIpc) is 2.98. The minimum Gasteiger partial charge on any atom is -0.352 e. The molecule has 0 unspecified atom stereocenters. The second-order valence-corrected chi connectivity index (χ2v) is 5.62. The van der Waals surface area contributed by atoms with Crippen molar-refractivity contribution in [3.63, 3.8) is 0 Å². The van der Waals surface area contributed by atoms with Crippen LogP contribution in [0, 0.1) is 6.92 Å². The molecule has 0 saturated carbocycles.